The Morgan fingerprint density at radius 3 is 2.80 bits per heavy atom. The van der Waals surface area contributed by atoms with E-state index in [2.05, 4.69) is 22.0 Å². The molecule has 0 saturated carbocycles. The van der Waals surface area contributed by atoms with E-state index in [1.807, 2.05) is 0 Å². The van der Waals surface area contributed by atoms with Crippen LogP contribution in [0.15, 0.2) is 23.1 Å². The monoisotopic (exact) mass is 298 g/mol. The number of nitrogens with one attached hydrogen (secondary N) is 2. The van der Waals surface area contributed by atoms with E-state index in [9.17, 15) is 8.42 Å². The molecule has 1 aromatic carbocycles. The summed E-state index contributed by atoms with van der Waals surface area (Å²) in [6.07, 6.45) is 2.35. The molecule has 1 aliphatic heterocycles. The molecule has 1 unspecified atom stereocenters. The average Bonchev–Trinajstić information content (AvgIpc) is 2.83. The quantitative estimate of drug-likeness (QED) is 0.696. The van der Waals surface area contributed by atoms with Gasteiger partial charge >= 0.3 is 0 Å². The van der Waals surface area contributed by atoms with Crippen molar-refractivity contribution in [1.82, 2.24) is 9.62 Å². The fourth-order valence-electron chi connectivity index (χ4n) is 2.44. The molecule has 6 nitrogen and oxygen atoms in total. The number of rotatable bonds is 5. The van der Waals surface area contributed by atoms with Gasteiger partial charge in [0.25, 0.3) is 0 Å². The first-order valence-electron chi connectivity index (χ1n) is 6.71. The lowest BCUT2D eigenvalue weighted by atomic mass is 10.2. The summed E-state index contributed by atoms with van der Waals surface area (Å²) >= 11 is 0. The zero-order valence-corrected chi connectivity index (χ0v) is 12.7. The SMILES string of the molecule is CNS(=O)(=O)c1ccc(N)c(NCC2CCCN2C)c1. The number of nitrogen functional groups attached to an aromatic ring is 1. The summed E-state index contributed by atoms with van der Waals surface area (Å²) in [5.74, 6) is 0. The predicted octanol–water partition coefficient (Wildman–Crippen LogP) is 0.683. The summed E-state index contributed by atoms with van der Waals surface area (Å²) in [4.78, 5) is 2.52. The van der Waals surface area contributed by atoms with Gasteiger partial charge in [0.05, 0.1) is 16.3 Å². The van der Waals surface area contributed by atoms with Crippen molar-refractivity contribution in [3.05, 3.63) is 18.2 Å². The summed E-state index contributed by atoms with van der Waals surface area (Å²) in [5.41, 5.74) is 7.13. The van der Waals surface area contributed by atoms with Gasteiger partial charge in [-0.1, -0.05) is 0 Å². The van der Waals surface area contributed by atoms with Crippen molar-refractivity contribution in [3.8, 4) is 0 Å². The number of likely N-dealkylation sites (N-methyl/N-ethyl adjacent to an activating group) is 1. The lowest BCUT2D eigenvalue weighted by Gasteiger charge is -2.21. The van der Waals surface area contributed by atoms with Gasteiger partial charge in [0, 0.05) is 12.6 Å². The van der Waals surface area contributed by atoms with Crippen LogP contribution in [0.4, 0.5) is 11.4 Å². The number of nitrogens with two attached hydrogens (primary N) is 1. The minimum atomic E-state index is -3.44. The van der Waals surface area contributed by atoms with Gasteiger partial charge in [-0.3, -0.25) is 0 Å². The van der Waals surface area contributed by atoms with Crippen molar-refractivity contribution < 1.29 is 8.42 Å². The first-order chi connectivity index (χ1) is 9.44. The minimum absolute atomic E-state index is 0.219. The van der Waals surface area contributed by atoms with Crippen LogP contribution in [-0.2, 0) is 10.0 Å². The summed E-state index contributed by atoms with van der Waals surface area (Å²) in [6, 6.07) is 5.17. The van der Waals surface area contributed by atoms with Crippen molar-refractivity contribution in [1.29, 1.82) is 0 Å². The van der Waals surface area contributed by atoms with Crippen molar-refractivity contribution in [3.63, 3.8) is 0 Å². The van der Waals surface area contributed by atoms with E-state index < -0.39 is 10.0 Å². The summed E-state index contributed by atoms with van der Waals surface area (Å²) in [5, 5.41) is 3.26. The maximum atomic E-state index is 11.8. The third-order valence-electron chi connectivity index (χ3n) is 3.80. The molecular formula is C13H22N4O2S. The van der Waals surface area contributed by atoms with Crippen molar-refractivity contribution in [2.45, 2.75) is 23.8 Å². The molecule has 1 atom stereocenters. The fourth-order valence-corrected chi connectivity index (χ4v) is 3.19. The van der Waals surface area contributed by atoms with Crippen LogP contribution in [0.5, 0.6) is 0 Å². The Bertz CT molecular complexity index is 574. The largest absolute Gasteiger partial charge is 0.397 e. The van der Waals surface area contributed by atoms with E-state index in [1.165, 1.54) is 19.5 Å². The Morgan fingerprint density at radius 2 is 2.20 bits per heavy atom. The number of hydrogen-bond acceptors (Lipinski definition) is 5. The first kappa shape index (κ1) is 15.1. The predicted molar refractivity (Wildman–Crippen MR) is 81.2 cm³/mol. The highest BCUT2D eigenvalue weighted by Gasteiger charge is 2.21. The molecule has 0 aliphatic carbocycles. The molecule has 20 heavy (non-hydrogen) atoms. The van der Waals surface area contributed by atoms with Crippen molar-refractivity contribution in [2.75, 3.05) is 38.2 Å². The molecule has 112 valence electrons. The zero-order valence-electron chi connectivity index (χ0n) is 11.9. The fraction of sp³-hybridized carbons (Fsp3) is 0.538. The molecule has 0 aromatic heterocycles. The van der Waals surface area contributed by atoms with Crippen LogP contribution in [-0.4, -0.2) is 46.5 Å². The van der Waals surface area contributed by atoms with Crippen LogP contribution >= 0.6 is 0 Å². The lowest BCUT2D eigenvalue weighted by Crippen LogP contribution is -2.31. The summed E-state index contributed by atoms with van der Waals surface area (Å²) in [7, 11) is 0.0554. The van der Waals surface area contributed by atoms with Crippen LogP contribution in [0.25, 0.3) is 0 Å². The third kappa shape index (κ3) is 3.23. The Balaban J connectivity index is 2.13. The van der Waals surface area contributed by atoms with Gasteiger partial charge in [0.1, 0.15) is 0 Å². The molecule has 2 rings (SSSR count). The Labute approximate surface area is 120 Å². The van der Waals surface area contributed by atoms with Gasteiger partial charge in [-0.05, 0) is 51.7 Å². The number of likely N-dealkylation sites (tertiary alicyclic amines) is 1. The molecule has 7 heteroatoms. The summed E-state index contributed by atoms with van der Waals surface area (Å²) < 4.78 is 25.9. The second-order valence-electron chi connectivity index (χ2n) is 5.11. The van der Waals surface area contributed by atoms with Crippen LogP contribution < -0.4 is 15.8 Å². The topological polar surface area (TPSA) is 87.5 Å². The number of hydrogen-bond donors (Lipinski definition) is 3. The third-order valence-corrected chi connectivity index (χ3v) is 5.22. The van der Waals surface area contributed by atoms with E-state index in [0.29, 0.717) is 17.4 Å². The number of anilines is 2. The van der Waals surface area contributed by atoms with E-state index in [-0.39, 0.29) is 4.90 Å². The Kier molecular flexibility index (Phi) is 4.52. The molecule has 0 amide bonds. The smallest absolute Gasteiger partial charge is 0.240 e. The van der Waals surface area contributed by atoms with Crippen LogP contribution in [0.2, 0.25) is 0 Å². The lowest BCUT2D eigenvalue weighted by molar-refractivity contribution is 0.322. The average molecular weight is 298 g/mol. The second kappa shape index (κ2) is 5.99. The number of sulfonamides is 1. The van der Waals surface area contributed by atoms with Crippen LogP contribution in [0.3, 0.4) is 0 Å². The van der Waals surface area contributed by atoms with Gasteiger partial charge in [0.2, 0.25) is 10.0 Å². The molecule has 0 radical (unpaired) electrons. The van der Waals surface area contributed by atoms with Gasteiger partial charge in [-0.25, -0.2) is 13.1 Å². The van der Waals surface area contributed by atoms with Crippen LogP contribution in [0.1, 0.15) is 12.8 Å². The molecule has 1 heterocycles. The molecular weight excluding hydrogens is 276 g/mol. The van der Waals surface area contributed by atoms with E-state index in [4.69, 9.17) is 5.73 Å². The molecule has 1 saturated heterocycles. The number of benzene rings is 1. The van der Waals surface area contributed by atoms with Crippen molar-refractivity contribution in [2.24, 2.45) is 0 Å². The highest BCUT2D eigenvalue weighted by atomic mass is 32.2. The molecule has 0 bridgehead atoms. The molecule has 1 fully saturated rings. The molecule has 4 N–H and O–H groups in total. The highest BCUT2D eigenvalue weighted by molar-refractivity contribution is 7.89. The zero-order chi connectivity index (χ0) is 14.8. The molecule has 0 spiro atoms. The highest BCUT2D eigenvalue weighted by Crippen LogP contribution is 2.24. The minimum Gasteiger partial charge on any atom is -0.397 e. The summed E-state index contributed by atoms with van der Waals surface area (Å²) in [6.45, 7) is 1.87. The standard InChI is InChI=1S/C13H22N4O2S/c1-15-20(18,19)11-5-6-12(14)13(8-11)16-9-10-4-3-7-17(10)2/h5-6,8,10,15-16H,3-4,7,9,14H2,1-2H3. The van der Waals surface area contributed by atoms with Crippen LogP contribution in [0, 0.1) is 0 Å². The maximum Gasteiger partial charge on any atom is 0.240 e. The van der Waals surface area contributed by atoms with Gasteiger partial charge in [-0.15, -0.1) is 0 Å². The van der Waals surface area contributed by atoms with Gasteiger partial charge in [0.15, 0.2) is 0 Å². The van der Waals surface area contributed by atoms with Gasteiger partial charge in [-0.2, -0.15) is 0 Å². The van der Waals surface area contributed by atoms with Crippen molar-refractivity contribution >= 4 is 21.4 Å². The first-order valence-corrected chi connectivity index (χ1v) is 8.19. The second-order valence-corrected chi connectivity index (χ2v) is 7.00. The molecule has 1 aliphatic rings. The Hall–Kier alpha value is -1.31. The number of nitrogens with zero attached hydrogens (tertiary/aromatic N) is 1. The maximum absolute atomic E-state index is 11.8. The van der Waals surface area contributed by atoms with E-state index in [0.717, 1.165) is 19.5 Å². The normalized spacial score (nSPS) is 20.2. The van der Waals surface area contributed by atoms with Gasteiger partial charge < -0.3 is 16.0 Å². The van der Waals surface area contributed by atoms with E-state index >= 15 is 0 Å². The van der Waals surface area contributed by atoms with E-state index in [1.54, 1.807) is 12.1 Å². The molecule has 1 aromatic rings. The Morgan fingerprint density at radius 1 is 1.45 bits per heavy atom.